The van der Waals surface area contributed by atoms with Gasteiger partial charge in [-0.3, -0.25) is 0 Å². The number of hydrogen-bond donors (Lipinski definition) is 0. The summed E-state index contributed by atoms with van der Waals surface area (Å²) in [6.45, 7) is 2.11. The first-order valence-corrected chi connectivity index (χ1v) is 3.73. The van der Waals surface area contributed by atoms with Crippen molar-refractivity contribution < 1.29 is 9.53 Å². The molecule has 0 aliphatic carbocycles. The van der Waals surface area contributed by atoms with E-state index in [0.717, 1.165) is 0 Å². The van der Waals surface area contributed by atoms with E-state index in [1.807, 2.05) is 0 Å². The molecule has 0 amide bonds. The maximum absolute atomic E-state index is 11.1. The molecule has 0 aliphatic heterocycles. The van der Waals surface area contributed by atoms with Crippen LogP contribution in [0.4, 0.5) is 5.69 Å². The Morgan fingerprint density at radius 3 is 2.92 bits per heavy atom. The monoisotopic (exact) mass is 164 g/mol. The largest absolute Gasteiger partial charge is 0.462 e. The first kappa shape index (κ1) is 8.59. The molecular formula is C9H10NO2. The number of ether oxygens (including phenoxy) is 1. The van der Waals surface area contributed by atoms with Gasteiger partial charge in [0.2, 0.25) is 0 Å². The zero-order valence-electron chi connectivity index (χ0n) is 6.83. The highest BCUT2D eigenvalue weighted by Crippen LogP contribution is 2.08. The Morgan fingerprint density at radius 2 is 2.33 bits per heavy atom. The summed E-state index contributed by atoms with van der Waals surface area (Å²) in [5.74, 6) is -0.369. The van der Waals surface area contributed by atoms with E-state index >= 15 is 0 Å². The van der Waals surface area contributed by atoms with Crippen LogP contribution in [-0.4, -0.2) is 12.6 Å². The van der Waals surface area contributed by atoms with Crippen molar-refractivity contribution in [1.29, 1.82) is 0 Å². The summed E-state index contributed by atoms with van der Waals surface area (Å²) >= 11 is 0. The lowest BCUT2D eigenvalue weighted by Gasteiger charge is -2.00. The molecule has 12 heavy (non-hydrogen) atoms. The number of rotatable bonds is 2. The lowest BCUT2D eigenvalue weighted by molar-refractivity contribution is 0.0526. The maximum Gasteiger partial charge on any atom is 0.338 e. The van der Waals surface area contributed by atoms with E-state index < -0.39 is 0 Å². The molecule has 0 atom stereocenters. The molecular weight excluding hydrogens is 154 g/mol. The highest BCUT2D eigenvalue weighted by molar-refractivity contribution is 5.90. The Kier molecular flexibility index (Phi) is 2.69. The smallest absolute Gasteiger partial charge is 0.338 e. The Balaban J connectivity index is 2.81. The van der Waals surface area contributed by atoms with E-state index in [9.17, 15) is 4.79 Å². The third-order valence-electron chi connectivity index (χ3n) is 1.37. The minimum absolute atomic E-state index is 0.320. The molecule has 3 heteroatoms. The van der Waals surface area contributed by atoms with Crippen molar-refractivity contribution in [3.63, 3.8) is 0 Å². The Hall–Kier alpha value is -1.51. The van der Waals surface area contributed by atoms with Crippen LogP contribution >= 0.6 is 0 Å². The van der Waals surface area contributed by atoms with Gasteiger partial charge in [-0.1, -0.05) is 6.07 Å². The van der Waals surface area contributed by atoms with Crippen LogP contribution in [0.2, 0.25) is 0 Å². The average Bonchev–Trinajstić information content (AvgIpc) is 2.05. The van der Waals surface area contributed by atoms with Gasteiger partial charge in [0.25, 0.3) is 0 Å². The van der Waals surface area contributed by atoms with Gasteiger partial charge in [-0.05, 0) is 25.1 Å². The summed E-state index contributed by atoms with van der Waals surface area (Å²) in [6.07, 6.45) is 0. The molecule has 1 aromatic carbocycles. The molecule has 0 heterocycles. The number of esters is 1. The molecule has 0 spiro atoms. The lowest BCUT2D eigenvalue weighted by atomic mass is 10.2. The van der Waals surface area contributed by atoms with Crippen LogP contribution in [0.5, 0.6) is 0 Å². The summed E-state index contributed by atoms with van der Waals surface area (Å²) in [6, 6.07) is 6.39. The van der Waals surface area contributed by atoms with Crippen LogP contribution in [-0.2, 0) is 4.74 Å². The van der Waals surface area contributed by atoms with E-state index in [-0.39, 0.29) is 5.97 Å². The molecule has 1 rings (SSSR count). The normalized spacial score (nSPS) is 9.42. The number of carbonyl (C=O) groups is 1. The van der Waals surface area contributed by atoms with Gasteiger partial charge in [-0.2, -0.15) is 0 Å². The molecule has 1 aromatic rings. The number of benzene rings is 1. The van der Waals surface area contributed by atoms with E-state index in [1.165, 1.54) is 6.07 Å². The fraction of sp³-hybridized carbons (Fsp3) is 0.222. The van der Waals surface area contributed by atoms with E-state index in [0.29, 0.717) is 17.9 Å². The second kappa shape index (κ2) is 3.76. The molecule has 0 bridgehead atoms. The molecule has 63 valence electrons. The molecule has 1 radical (unpaired) electrons. The summed E-state index contributed by atoms with van der Waals surface area (Å²) < 4.78 is 4.76. The van der Waals surface area contributed by atoms with E-state index in [4.69, 9.17) is 10.5 Å². The first-order chi connectivity index (χ1) is 5.74. The fourth-order valence-electron chi connectivity index (χ4n) is 0.861. The summed E-state index contributed by atoms with van der Waals surface area (Å²) in [5.41, 5.74) is 8.01. The van der Waals surface area contributed by atoms with Gasteiger partial charge in [-0.15, -0.1) is 0 Å². The SMILES string of the molecule is CCOC(=O)c1cccc([NH])c1. The maximum atomic E-state index is 11.1. The quantitative estimate of drug-likeness (QED) is 0.625. The summed E-state index contributed by atoms with van der Waals surface area (Å²) in [4.78, 5) is 11.1. The predicted octanol–water partition coefficient (Wildman–Crippen LogP) is 1.78. The van der Waals surface area contributed by atoms with E-state index in [2.05, 4.69) is 0 Å². The first-order valence-electron chi connectivity index (χ1n) is 3.73. The predicted molar refractivity (Wildman–Crippen MR) is 45.2 cm³/mol. The van der Waals surface area contributed by atoms with Gasteiger partial charge in [0.15, 0.2) is 0 Å². The third-order valence-corrected chi connectivity index (χ3v) is 1.37. The highest BCUT2D eigenvalue weighted by Gasteiger charge is 2.04. The molecule has 0 saturated heterocycles. The standard InChI is InChI=1S/C9H10NO2/c1-2-12-9(11)7-4-3-5-8(10)6-7/h3-6,10H,2H2,1H3. The number of carbonyl (C=O) groups excluding carboxylic acids is 1. The van der Waals surface area contributed by atoms with Gasteiger partial charge in [0.05, 0.1) is 17.9 Å². The second-order valence-corrected chi connectivity index (χ2v) is 2.30. The molecule has 0 unspecified atom stereocenters. The van der Waals surface area contributed by atoms with Gasteiger partial charge in [-0.25, -0.2) is 4.79 Å². The van der Waals surface area contributed by atoms with Crippen LogP contribution in [0.25, 0.3) is 0 Å². The second-order valence-electron chi connectivity index (χ2n) is 2.30. The number of hydrogen-bond acceptors (Lipinski definition) is 2. The Labute approximate surface area is 71.1 Å². The number of nitrogens with one attached hydrogen (secondary N) is 1. The van der Waals surface area contributed by atoms with Crippen molar-refractivity contribution >= 4 is 11.7 Å². The van der Waals surface area contributed by atoms with Gasteiger partial charge in [0, 0.05) is 0 Å². The minimum Gasteiger partial charge on any atom is -0.462 e. The zero-order valence-corrected chi connectivity index (χ0v) is 6.83. The van der Waals surface area contributed by atoms with Crippen molar-refractivity contribution in [2.75, 3.05) is 6.61 Å². The molecule has 3 nitrogen and oxygen atoms in total. The highest BCUT2D eigenvalue weighted by atomic mass is 16.5. The van der Waals surface area contributed by atoms with Crippen LogP contribution < -0.4 is 5.73 Å². The van der Waals surface area contributed by atoms with Crippen LogP contribution in [0, 0.1) is 0 Å². The van der Waals surface area contributed by atoms with E-state index in [1.54, 1.807) is 25.1 Å². The Morgan fingerprint density at radius 1 is 1.58 bits per heavy atom. The molecule has 1 N–H and O–H groups in total. The summed E-state index contributed by atoms with van der Waals surface area (Å²) in [5, 5.41) is 0. The van der Waals surface area contributed by atoms with Crippen molar-refractivity contribution in [2.45, 2.75) is 6.92 Å². The van der Waals surface area contributed by atoms with Gasteiger partial charge in [0.1, 0.15) is 0 Å². The van der Waals surface area contributed by atoms with Crippen LogP contribution in [0.15, 0.2) is 24.3 Å². The lowest BCUT2D eigenvalue weighted by Crippen LogP contribution is -2.03. The summed E-state index contributed by atoms with van der Waals surface area (Å²) in [7, 11) is 0. The minimum atomic E-state index is -0.369. The van der Waals surface area contributed by atoms with Crippen LogP contribution in [0.1, 0.15) is 17.3 Å². The van der Waals surface area contributed by atoms with Crippen molar-refractivity contribution in [1.82, 2.24) is 5.73 Å². The van der Waals surface area contributed by atoms with Gasteiger partial charge >= 0.3 is 5.97 Å². The molecule has 0 saturated carbocycles. The topological polar surface area (TPSA) is 50.1 Å². The fourth-order valence-corrected chi connectivity index (χ4v) is 0.861. The van der Waals surface area contributed by atoms with Crippen molar-refractivity contribution in [3.05, 3.63) is 29.8 Å². The van der Waals surface area contributed by atoms with Crippen molar-refractivity contribution in [3.8, 4) is 0 Å². The third kappa shape index (κ3) is 1.99. The Bertz CT molecular complexity index is 284. The average molecular weight is 164 g/mol. The zero-order chi connectivity index (χ0) is 8.97. The molecule has 0 aliphatic rings. The van der Waals surface area contributed by atoms with Crippen LogP contribution in [0.3, 0.4) is 0 Å². The molecule has 0 aromatic heterocycles. The van der Waals surface area contributed by atoms with Gasteiger partial charge < -0.3 is 10.5 Å². The van der Waals surface area contributed by atoms with Crippen molar-refractivity contribution in [2.24, 2.45) is 0 Å². The molecule has 0 fully saturated rings.